The maximum Gasteiger partial charge on any atom is 0.433 e. The van der Waals surface area contributed by atoms with Gasteiger partial charge in [-0.2, -0.15) is 13.2 Å². The van der Waals surface area contributed by atoms with Crippen LogP contribution < -0.4 is 15.4 Å². The molecule has 168 valence electrons. The van der Waals surface area contributed by atoms with E-state index in [0.717, 1.165) is 41.4 Å². The maximum absolute atomic E-state index is 12.9. The second kappa shape index (κ2) is 8.27. The summed E-state index contributed by atoms with van der Waals surface area (Å²) in [6.07, 6.45) is -2.54. The largest absolute Gasteiger partial charge is 0.496 e. The number of nitrogens with zero attached hydrogens (tertiary/aromatic N) is 2. The zero-order valence-electron chi connectivity index (χ0n) is 17.8. The van der Waals surface area contributed by atoms with Gasteiger partial charge in [0.2, 0.25) is 0 Å². The number of hydrogen-bond donors (Lipinski definition) is 2. The highest BCUT2D eigenvalue weighted by Crippen LogP contribution is 2.39. The lowest BCUT2D eigenvalue weighted by atomic mass is 10.1. The number of halogens is 3. The van der Waals surface area contributed by atoms with Crippen molar-refractivity contribution in [3.05, 3.63) is 83.6 Å². The number of benzene rings is 2. The second-order valence-corrected chi connectivity index (χ2v) is 7.90. The molecular weight excluding hydrogens is 429 g/mol. The van der Waals surface area contributed by atoms with Crippen LogP contribution in [-0.2, 0) is 12.6 Å². The lowest BCUT2D eigenvalue weighted by Gasteiger charge is -2.18. The molecule has 0 bridgehead atoms. The number of anilines is 3. The number of fused-ring (bicyclic) bond motifs is 2. The Bertz CT molecular complexity index is 1320. The van der Waals surface area contributed by atoms with E-state index in [9.17, 15) is 13.2 Å². The van der Waals surface area contributed by atoms with E-state index < -0.39 is 11.9 Å². The van der Waals surface area contributed by atoms with Crippen molar-refractivity contribution >= 4 is 28.2 Å². The van der Waals surface area contributed by atoms with E-state index in [1.165, 1.54) is 23.3 Å². The Morgan fingerprint density at radius 3 is 2.61 bits per heavy atom. The summed E-state index contributed by atoms with van der Waals surface area (Å²) in [7, 11) is 1.68. The summed E-state index contributed by atoms with van der Waals surface area (Å²) in [5, 5.41) is 7.32. The summed E-state index contributed by atoms with van der Waals surface area (Å²) in [4.78, 5) is 8.37. The van der Waals surface area contributed by atoms with E-state index in [0.29, 0.717) is 5.69 Å². The van der Waals surface area contributed by atoms with Crippen molar-refractivity contribution in [2.24, 2.45) is 0 Å². The van der Waals surface area contributed by atoms with Crippen molar-refractivity contribution in [1.82, 2.24) is 9.97 Å². The minimum absolute atomic E-state index is 0.119. The van der Waals surface area contributed by atoms with Gasteiger partial charge in [0.25, 0.3) is 0 Å². The number of aryl methyl sites for hydroxylation is 1. The highest BCUT2D eigenvalue weighted by atomic mass is 19.4. The van der Waals surface area contributed by atoms with E-state index >= 15 is 0 Å². The van der Waals surface area contributed by atoms with E-state index in [1.54, 1.807) is 13.2 Å². The third-order valence-electron chi connectivity index (χ3n) is 5.75. The first-order valence-electron chi connectivity index (χ1n) is 10.5. The van der Waals surface area contributed by atoms with Gasteiger partial charge in [0.15, 0.2) is 0 Å². The molecular formula is C25H21F3N4O. The van der Waals surface area contributed by atoms with Crippen molar-refractivity contribution in [1.29, 1.82) is 0 Å². The Kier molecular flexibility index (Phi) is 5.28. The van der Waals surface area contributed by atoms with Crippen molar-refractivity contribution in [3.8, 4) is 5.75 Å². The fraction of sp³-hybridized carbons (Fsp3) is 0.200. The maximum atomic E-state index is 12.9. The fourth-order valence-electron chi connectivity index (χ4n) is 4.24. The molecule has 0 saturated carbocycles. The van der Waals surface area contributed by atoms with Crippen LogP contribution in [0, 0.1) is 0 Å². The van der Waals surface area contributed by atoms with Crippen LogP contribution in [0.15, 0.2) is 66.7 Å². The van der Waals surface area contributed by atoms with Crippen molar-refractivity contribution in [2.75, 3.05) is 17.7 Å². The average Bonchev–Trinajstić information content (AvgIpc) is 3.22. The minimum Gasteiger partial charge on any atom is -0.496 e. The highest BCUT2D eigenvalue weighted by Gasteiger charge is 2.32. The molecule has 33 heavy (non-hydrogen) atoms. The quantitative estimate of drug-likeness (QED) is 0.363. The number of rotatable bonds is 5. The molecule has 1 aliphatic rings. The normalized spacial score (nSPS) is 15.3. The molecule has 2 aromatic heterocycles. The first-order chi connectivity index (χ1) is 15.9. The number of hydrogen-bond acceptors (Lipinski definition) is 5. The molecule has 5 nitrogen and oxygen atoms in total. The van der Waals surface area contributed by atoms with Gasteiger partial charge < -0.3 is 15.4 Å². The van der Waals surface area contributed by atoms with Crippen LogP contribution in [0.2, 0.25) is 0 Å². The SMILES string of the molecule is COc1cccc2c1C(Nc1ccc3cc(Nc4cccc(C(F)(F)F)n4)ccc3n1)CC2. The second-order valence-electron chi connectivity index (χ2n) is 7.90. The minimum atomic E-state index is -4.49. The Morgan fingerprint density at radius 2 is 1.79 bits per heavy atom. The van der Waals surface area contributed by atoms with Gasteiger partial charge in [0, 0.05) is 16.6 Å². The molecule has 5 rings (SSSR count). The first kappa shape index (κ1) is 21.1. The van der Waals surface area contributed by atoms with Crippen LogP contribution in [0.5, 0.6) is 5.75 Å². The molecule has 1 unspecified atom stereocenters. The first-order valence-corrected chi connectivity index (χ1v) is 10.5. The van der Waals surface area contributed by atoms with Crippen molar-refractivity contribution in [3.63, 3.8) is 0 Å². The summed E-state index contributed by atoms with van der Waals surface area (Å²) in [6, 6.07) is 19.3. The third kappa shape index (κ3) is 4.28. The van der Waals surface area contributed by atoms with Crippen LogP contribution in [-0.4, -0.2) is 17.1 Å². The molecule has 0 amide bonds. The molecule has 0 spiro atoms. The number of pyridine rings is 2. The summed E-state index contributed by atoms with van der Waals surface area (Å²) >= 11 is 0. The zero-order chi connectivity index (χ0) is 23.0. The average molecular weight is 450 g/mol. The lowest BCUT2D eigenvalue weighted by molar-refractivity contribution is -0.141. The Morgan fingerprint density at radius 1 is 0.939 bits per heavy atom. The Hall–Kier alpha value is -3.81. The standard InChI is InChI=1S/C25H21F3N4O/c1-33-20-5-2-4-15-8-11-19(24(15)20)31-23-13-9-16-14-17(10-12-18(16)30-23)29-22-7-3-6-21(32-22)25(26,27)28/h2-7,9-10,12-14,19H,8,11H2,1H3,(H,29,32)(H,30,31). The fourth-order valence-corrected chi connectivity index (χ4v) is 4.24. The molecule has 2 aromatic carbocycles. The van der Waals surface area contributed by atoms with Crippen LogP contribution in [0.4, 0.5) is 30.5 Å². The molecule has 1 atom stereocenters. The predicted octanol–water partition coefficient (Wildman–Crippen LogP) is 6.50. The van der Waals surface area contributed by atoms with E-state index in [1.807, 2.05) is 36.4 Å². The molecule has 4 aromatic rings. The van der Waals surface area contributed by atoms with Crippen LogP contribution in [0.3, 0.4) is 0 Å². The summed E-state index contributed by atoms with van der Waals surface area (Å²) < 4.78 is 44.3. The van der Waals surface area contributed by atoms with E-state index in [2.05, 4.69) is 21.7 Å². The third-order valence-corrected chi connectivity index (χ3v) is 5.75. The van der Waals surface area contributed by atoms with Crippen LogP contribution >= 0.6 is 0 Å². The number of alkyl halides is 3. The van der Waals surface area contributed by atoms with Gasteiger partial charge in [-0.3, -0.25) is 0 Å². The summed E-state index contributed by atoms with van der Waals surface area (Å²) in [6.45, 7) is 0. The molecule has 0 fully saturated rings. The van der Waals surface area contributed by atoms with Gasteiger partial charge in [0.1, 0.15) is 23.1 Å². The summed E-state index contributed by atoms with van der Waals surface area (Å²) in [5.41, 5.74) is 2.93. The van der Waals surface area contributed by atoms with Crippen LogP contribution in [0.1, 0.15) is 29.3 Å². The number of methoxy groups -OCH3 is 1. The van der Waals surface area contributed by atoms with Gasteiger partial charge in [0.05, 0.1) is 18.7 Å². The van der Waals surface area contributed by atoms with Gasteiger partial charge in [-0.15, -0.1) is 0 Å². The monoisotopic (exact) mass is 450 g/mol. The Balaban J connectivity index is 1.36. The Labute approximate surface area is 188 Å². The lowest BCUT2D eigenvalue weighted by Crippen LogP contribution is -2.09. The predicted molar refractivity (Wildman–Crippen MR) is 122 cm³/mol. The smallest absolute Gasteiger partial charge is 0.433 e. The van der Waals surface area contributed by atoms with E-state index in [4.69, 9.17) is 9.72 Å². The van der Waals surface area contributed by atoms with Gasteiger partial charge in [-0.1, -0.05) is 18.2 Å². The highest BCUT2D eigenvalue weighted by molar-refractivity contribution is 5.84. The molecule has 0 aliphatic heterocycles. The molecule has 2 heterocycles. The summed E-state index contributed by atoms with van der Waals surface area (Å²) in [5.74, 6) is 1.76. The zero-order valence-corrected chi connectivity index (χ0v) is 17.8. The topological polar surface area (TPSA) is 59.1 Å². The van der Waals surface area contributed by atoms with Crippen LogP contribution in [0.25, 0.3) is 10.9 Å². The molecule has 1 aliphatic carbocycles. The number of aromatic nitrogens is 2. The molecule has 2 N–H and O–H groups in total. The van der Waals surface area contributed by atoms with Crippen molar-refractivity contribution in [2.45, 2.75) is 25.1 Å². The number of nitrogens with one attached hydrogen (secondary N) is 2. The molecule has 0 radical (unpaired) electrons. The van der Waals surface area contributed by atoms with Gasteiger partial charge >= 0.3 is 6.18 Å². The van der Waals surface area contributed by atoms with E-state index in [-0.39, 0.29) is 11.9 Å². The molecule has 8 heteroatoms. The van der Waals surface area contributed by atoms with Crippen molar-refractivity contribution < 1.29 is 17.9 Å². The van der Waals surface area contributed by atoms with Gasteiger partial charge in [-0.05, 0) is 66.9 Å². The number of ether oxygens (including phenoxy) is 1. The van der Waals surface area contributed by atoms with Gasteiger partial charge in [-0.25, -0.2) is 9.97 Å². The molecule has 0 saturated heterocycles.